The number of carbonyl (C=O) groups excluding carboxylic acids is 1. The third-order valence-electron chi connectivity index (χ3n) is 3.56. The van der Waals surface area contributed by atoms with Gasteiger partial charge in [-0.25, -0.2) is 8.78 Å². The molecule has 0 spiro atoms. The van der Waals surface area contributed by atoms with E-state index in [9.17, 15) is 13.6 Å². The third-order valence-corrected chi connectivity index (χ3v) is 3.56. The predicted molar refractivity (Wildman–Crippen MR) is 76.4 cm³/mol. The average molecular weight is 305 g/mol. The number of carbonyl (C=O) groups is 1. The van der Waals surface area contributed by atoms with E-state index in [1.807, 2.05) is 5.48 Å². The second-order valence-electron chi connectivity index (χ2n) is 4.93. The quantitative estimate of drug-likeness (QED) is 0.658. The molecule has 5 nitrogen and oxygen atoms in total. The number of benzene rings is 2. The highest BCUT2D eigenvalue weighted by Gasteiger charge is 2.29. The Kier molecular flexibility index (Phi) is 3.74. The van der Waals surface area contributed by atoms with Crippen molar-refractivity contribution in [1.82, 2.24) is 5.32 Å². The van der Waals surface area contributed by atoms with Crippen LogP contribution in [0.2, 0.25) is 0 Å². The Balaban J connectivity index is 1.86. The molecule has 0 saturated heterocycles. The van der Waals surface area contributed by atoms with Crippen molar-refractivity contribution in [3.05, 3.63) is 59.2 Å². The van der Waals surface area contributed by atoms with Crippen molar-refractivity contribution in [2.24, 2.45) is 0 Å². The average Bonchev–Trinajstić information content (AvgIpc) is 2.94. The molecular formula is C15H13F2N3O2. The number of amides is 1. The third kappa shape index (κ3) is 2.51. The molecule has 0 aliphatic carbocycles. The van der Waals surface area contributed by atoms with Crippen molar-refractivity contribution in [2.75, 3.05) is 10.8 Å². The van der Waals surface area contributed by atoms with Gasteiger partial charge in [-0.3, -0.25) is 20.8 Å². The van der Waals surface area contributed by atoms with Crippen LogP contribution in [0.25, 0.3) is 0 Å². The summed E-state index contributed by atoms with van der Waals surface area (Å²) < 4.78 is 27.2. The minimum absolute atomic E-state index is 0.428. The highest BCUT2D eigenvalue weighted by molar-refractivity contribution is 5.96. The highest BCUT2D eigenvalue weighted by Crippen LogP contribution is 2.29. The van der Waals surface area contributed by atoms with Gasteiger partial charge in [0.25, 0.3) is 0 Å². The fourth-order valence-electron chi connectivity index (χ4n) is 2.46. The largest absolute Gasteiger partial charge is 0.320 e. The molecule has 1 heterocycles. The maximum absolute atomic E-state index is 13.6. The molecule has 3 rings (SSSR count). The Morgan fingerprint density at radius 3 is 2.64 bits per heavy atom. The Morgan fingerprint density at radius 2 is 1.95 bits per heavy atom. The lowest BCUT2D eigenvalue weighted by Crippen LogP contribution is -2.28. The second kappa shape index (κ2) is 5.70. The van der Waals surface area contributed by atoms with Gasteiger partial charge in [0.1, 0.15) is 23.4 Å². The zero-order valence-corrected chi connectivity index (χ0v) is 11.4. The zero-order chi connectivity index (χ0) is 15.7. The lowest BCUT2D eigenvalue weighted by Gasteiger charge is -2.14. The molecule has 22 heavy (non-hydrogen) atoms. The number of fused-ring (bicyclic) bond motifs is 1. The Hall–Kier alpha value is -2.51. The van der Waals surface area contributed by atoms with E-state index in [0.717, 1.165) is 17.7 Å². The molecule has 2 aromatic carbocycles. The van der Waals surface area contributed by atoms with Crippen LogP contribution in [0.5, 0.6) is 0 Å². The molecule has 0 aromatic heterocycles. The normalized spacial score (nSPS) is 16.2. The summed E-state index contributed by atoms with van der Waals surface area (Å²) >= 11 is 0. The number of anilines is 2. The maximum atomic E-state index is 13.6. The van der Waals surface area contributed by atoms with Gasteiger partial charge in [0.2, 0.25) is 5.91 Å². The minimum atomic E-state index is -0.836. The molecule has 7 heteroatoms. The standard InChI is InChI=1S/C15H13F2N3O2/c16-11-2-1-3-12(17)14(11)19-15(21)13-10-6-9(20-22)5-4-8(10)7-18-13/h1-6,13,18,20,22H,7H2,(H,19,21)/t13-/m0/s1. The van der Waals surface area contributed by atoms with Crippen molar-refractivity contribution in [2.45, 2.75) is 12.6 Å². The van der Waals surface area contributed by atoms with E-state index >= 15 is 0 Å². The first-order valence-corrected chi connectivity index (χ1v) is 6.61. The summed E-state index contributed by atoms with van der Waals surface area (Å²) in [7, 11) is 0. The first-order chi connectivity index (χ1) is 10.6. The smallest absolute Gasteiger partial charge is 0.246 e. The van der Waals surface area contributed by atoms with E-state index in [1.165, 1.54) is 6.07 Å². The number of halogens is 2. The molecule has 0 saturated carbocycles. The van der Waals surface area contributed by atoms with Gasteiger partial charge in [0.15, 0.2) is 0 Å². The van der Waals surface area contributed by atoms with E-state index in [-0.39, 0.29) is 0 Å². The van der Waals surface area contributed by atoms with Crippen molar-refractivity contribution in [3.8, 4) is 0 Å². The number of nitrogens with one attached hydrogen (secondary N) is 3. The maximum Gasteiger partial charge on any atom is 0.246 e. The molecule has 1 atom stereocenters. The van der Waals surface area contributed by atoms with Crippen LogP contribution in [0.3, 0.4) is 0 Å². The van der Waals surface area contributed by atoms with Crippen LogP contribution >= 0.6 is 0 Å². The number of para-hydroxylation sites is 1. The molecule has 0 bridgehead atoms. The lowest BCUT2D eigenvalue weighted by atomic mass is 10.0. The van der Waals surface area contributed by atoms with E-state index in [1.54, 1.807) is 18.2 Å². The van der Waals surface area contributed by atoms with Crippen molar-refractivity contribution in [3.63, 3.8) is 0 Å². The SMILES string of the molecule is O=C(Nc1c(F)cccc1F)[C@H]1NCc2ccc(NO)cc21. The van der Waals surface area contributed by atoms with Crippen LogP contribution in [0, 0.1) is 11.6 Å². The van der Waals surface area contributed by atoms with Crippen LogP contribution in [0.4, 0.5) is 20.2 Å². The first-order valence-electron chi connectivity index (χ1n) is 6.61. The fraction of sp³-hybridized carbons (Fsp3) is 0.133. The Labute approximate surface area is 124 Å². The van der Waals surface area contributed by atoms with Gasteiger partial charge in [0, 0.05) is 6.54 Å². The van der Waals surface area contributed by atoms with Crippen LogP contribution in [0.1, 0.15) is 17.2 Å². The minimum Gasteiger partial charge on any atom is -0.320 e. The molecular weight excluding hydrogens is 292 g/mol. The molecule has 0 radical (unpaired) electrons. The molecule has 0 unspecified atom stereocenters. The van der Waals surface area contributed by atoms with Crippen LogP contribution < -0.4 is 16.1 Å². The summed E-state index contributed by atoms with van der Waals surface area (Å²) in [5, 5.41) is 14.2. The van der Waals surface area contributed by atoms with E-state index < -0.39 is 29.3 Å². The van der Waals surface area contributed by atoms with Gasteiger partial charge in [-0.2, -0.15) is 0 Å². The van der Waals surface area contributed by atoms with Gasteiger partial charge in [-0.15, -0.1) is 0 Å². The fourth-order valence-corrected chi connectivity index (χ4v) is 2.46. The van der Waals surface area contributed by atoms with Crippen LogP contribution in [0.15, 0.2) is 36.4 Å². The Bertz CT molecular complexity index is 716. The molecule has 1 aliphatic rings. The molecule has 1 aliphatic heterocycles. The van der Waals surface area contributed by atoms with Gasteiger partial charge < -0.3 is 5.32 Å². The van der Waals surface area contributed by atoms with Crippen LogP contribution in [-0.4, -0.2) is 11.1 Å². The summed E-state index contributed by atoms with van der Waals surface area (Å²) in [6, 6.07) is 7.66. The van der Waals surface area contributed by atoms with E-state index in [4.69, 9.17) is 5.21 Å². The van der Waals surface area contributed by atoms with E-state index in [0.29, 0.717) is 17.8 Å². The van der Waals surface area contributed by atoms with Crippen molar-refractivity contribution in [1.29, 1.82) is 0 Å². The van der Waals surface area contributed by atoms with Gasteiger partial charge in [-0.05, 0) is 35.4 Å². The number of rotatable bonds is 3. The second-order valence-corrected chi connectivity index (χ2v) is 4.93. The van der Waals surface area contributed by atoms with Crippen LogP contribution in [-0.2, 0) is 11.3 Å². The first kappa shape index (κ1) is 14.4. The molecule has 114 valence electrons. The monoisotopic (exact) mass is 305 g/mol. The summed E-state index contributed by atoms with van der Waals surface area (Å²) in [5.41, 5.74) is 3.49. The van der Waals surface area contributed by atoms with Crippen molar-refractivity contribution >= 4 is 17.3 Å². The number of hydrogen-bond acceptors (Lipinski definition) is 4. The van der Waals surface area contributed by atoms with Crippen molar-refractivity contribution < 1.29 is 18.8 Å². The molecule has 2 aromatic rings. The van der Waals surface area contributed by atoms with Gasteiger partial charge in [-0.1, -0.05) is 12.1 Å². The highest BCUT2D eigenvalue weighted by atomic mass is 19.1. The zero-order valence-electron chi connectivity index (χ0n) is 11.4. The summed E-state index contributed by atoms with van der Waals surface area (Å²) in [4.78, 5) is 12.3. The summed E-state index contributed by atoms with van der Waals surface area (Å²) in [5.74, 6) is -2.24. The topological polar surface area (TPSA) is 73.4 Å². The molecule has 1 amide bonds. The lowest BCUT2D eigenvalue weighted by molar-refractivity contribution is -0.118. The molecule has 0 fully saturated rings. The van der Waals surface area contributed by atoms with Gasteiger partial charge in [0.05, 0.1) is 5.69 Å². The summed E-state index contributed by atoms with van der Waals surface area (Å²) in [6.45, 7) is 0.457. The van der Waals surface area contributed by atoms with Gasteiger partial charge >= 0.3 is 0 Å². The Morgan fingerprint density at radius 1 is 1.23 bits per heavy atom. The van der Waals surface area contributed by atoms with E-state index in [2.05, 4.69) is 10.6 Å². The number of hydrogen-bond donors (Lipinski definition) is 4. The molecule has 4 N–H and O–H groups in total. The predicted octanol–water partition coefficient (Wildman–Crippen LogP) is 2.55. The summed E-state index contributed by atoms with van der Waals surface area (Å²) in [6.07, 6.45) is 0.